The van der Waals surface area contributed by atoms with E-state index in [2.05, 4.69) is 19.2 Å². The molecule has 0 aromatic heterocycles. The average molecular weight is 205 g/mol. The van der Waals surface area contributed by atoms with E-state index in [0.717, 1.165) is 18.1 Å². The molecule has 0 amide bonds. The summed E-state index contributed by atoms with van der Waals surface area (Å²) < 4.78 is 0. The second-order valence-electron chi connectivity index (χ2n) is 4.13. The van der Waals surface area contributed by atoms with Crippen molar-refractivity contribution in [3.8, 4) is 0 Å². The molecule has 13 heavy (non-hydrogen) atoms. The Balaban J connectivity index is 3.18. The van der Waals surface area contributed by atoms with E-state index in [-0.39, 0.29) is 0 Å². The van der Waals surface area contributed by atoms with Gasteiger partial charge in [-0.3, -0.25) is 0 Å². The molecule has 2 nitrogen and oxygen atoms in total. The lowest BCUT2D eigenvalue weighted by molar-refractivity contribution is 0.107. The minimum absolute atomic E-state index is 0.527. The first-order valence-corrected chi connectivity index (χ1v) is 6.14. The zero-order valence-electron chi connectivity index (χ0n) is 9.26. The van der Waals surface area contributed by atoms with E-state index < -0.39 is 5.60 Å². The summed E-state index contributed by atoms with van der Waals surface area (Å²) in [7, 11) is 0. The number of hydrogen-bond acceptors (Lipinski definition) is 3. The fourth-order valence-electron chi connectivity index (χ4n) is 0.844. The largest absolute Gasteiger partial charge is 0.390 e. The van der Waals surface area contributed by atoms with Gasteiger partial charge in [0.15, 0.2) is 0 Å². The van der Waals surface area contributed by atoms with E-state index in [0.29, 0.717) is 6.04 Å². The van der Waals surface area contributed by atoms with Gasteiger partial charge in [0.1, 0.15) is 0 Å². The molecule has 0 saturated carbocycles. The van der Waals surface area contributed by atoms with E-state index in [1.807, 2.05) is 13.8 Å². The Hall–Kier alpha value is 0.270. The predicted octanol–water partition coefficient (Wildman–Crippen LogP) is 1.88. The molecule has 0 rings (SSSR count). The Morgan fingerprint density at radius 3 is 2.54 bits per heavy atom. The number of aliphatic hydroxyl groups is 1. The highest BCUT2D eigenvalue weighted by Crippen LogP contribution is 2.10. The minimum Gasteiger partial charge on any atom is -0.390 e. The molecule has 0 aliphatic heterocycles. The summed E-state index contributed by atoms with van der Waals surface area (Å²) >= 11 is 1.80. The number of rotatable bonds is 7. The van der Waals surface area contributed by atoms with Gasteiger partial charge in [0.25, 0.3) is 0 Å². The molecular formula is C10H23NOS. The van der Waals surface area contributed by atoms with Gasteiger partial charge in [-0.2, -0.15) is 11.8 Å². The topological polar surface area (TPSA) is 32.3 Å². The normalized spacial score (nSPS) is 14.5. The van der Waals surface area contributed by atoms with Crippen molar-refractivity contribution < 1.29 is 5.11 Å². The molecule has 0 spiro atoms. The van der Waals surface area contributed by atoms with Crippen molar-refractivity contribution >= 4 is 11.8 Å². The van der Waals surface area contributed by atoms with Crippen molar-refractivity contribution in [2.75, 3.05) is 18.1 Å². The highest BCUT2D eigenvalue weighted by atomic mass is 32.2. The molecular weight excluding hydrogens is 182 g/mol. The molecule has 0 heterocycles. The van der Waals surface area contributed by atoms with Crippen LogP contribution in [0, 0.1) is 0 Å². The lowest BCUT2D eigenvalue weighted by Gasteiger charge is -2.16. The Labute approximate surface area is 86.5 Å². The van der Waals surface area contributed by atoms with Crippen molar-refractivity contribution in [3.05, 3.63) is 0 Å². The van der Waals surface area contributed by atoms with Gasteiger partial charge in [-0.1, -0.05) is 6.92 Å². The maximum absolute atomic E-state index is 9.43. The summed E-state index contributed by atoms with van der Waals surface area (Å²) in [5.41, 5.74) is -0.527. The van der Waals surface area contributed by atoms with Crippen LogP contribution in [0.25, 0.3) is 0 Å². The van der Waals surface area contributed by atoms with Gasteiger partial charge >= 0.3 is 0 Å². The van der Waals surface area contributed by atoms with E-state index >= 15 is 0 Å². The molecule has 0 aliphatic carbocycles. The zero-order valence-corrected chi connectivity index (χ0v) is 10.1. The molecule has 1 unspecified atom stereocenters. The molecule has 1 atom stereocenters. The standard InChI is InChI=1S/C10H23NOS/c1-5-9(2)11-6-7-13-8-10(3,4)12/h9,11-12H,5-8H2,1-4H3. The Bertz CT molecular complexity index is 123. The van der Waals surface area contributed by atoms with Gasteiger partial charge in [-0.05, 0) is 27.2 Å². The van der Waals surface area contributed by atoms with Crippen LogP contribution in [0.15, 0.2) is 0 Å². The second-order valence-corrected chi connectivity index (χ2v) is 5.23. The van der Waals surface area contributed by atoms with Crippen LogP contribution in [0.4, 0.5) is 0 Å². The first-order chi connectivity index (χ1) is 5.95. The lowest BCUT2D eigenvalue weighted by Crippen LogP contribution is -2.28. The third-order valence-corrected chi connectivity index (χ3v) is 3.21. The van der Waals surface area contributed by atoms with Crippen LogP contribution in [0.1, 0.15) is 34.1 Å². The fraction of sp³-hybridized carbons (Fsp3) is 1.00. The number of thioether (sulfide) groups is 1. The van der Waals surface area contributed by atoms with Crippen LogP contribution in [-0.2, 0) is 0 Å². The molecule has 0 aliphatic rings. The number of nitrogens with one attached hydrogen (secondary N) is 1. The summed E-state index contributed by atoms with van der Waals surface area (Å²) in [6, 6.07) is 0.614. The van der Waals surface area contributed by atoms with Gasteiger partial charge in [-0.15, -0.1) is 0 Å². The van der Waals surface area contributed by atoms with E-state index in [1.54, 1.807) is 11.8 Å². The summed E-state index contributed by atoms with van der Waals surface area (Å²) in [6.45, 7) is 9.11. The third kappa shape index (κ3) is 10.2. The molecule has 0 aromatic carbocycles. The number of hydrogen-bond donors (Lipinski definition) is 2. The van der Waals surface area contributed by atoms with Gasteiger partial charge in [0.2, 0.25) is 0 Å². The van der Waals surface area contributed by atoms with Crippen LogP contribution in [-0.4, -0.2) is 34.8 Å². The van der Waals surface area contributed by atoms with Crippen molar-refractivity contribution in [2.45, 2.75) is 45.8 Å². The van der Waals surface area contributed by atoms with Crippen molar-refractivity contribution in [3.63, 3.8) is 0 Å². The second kappa shape index (κ2) is 6.68. The molecule has 0 saturated heterocycles. The first kappa shape index (κ1) is 13.3. The van der Waals surface area contributed by atoms with Crippen LogP contribution in [0.5, 0.6) is 0 Å². The average Bonchev–Trinajstić information content (AvgIpc) is 2.01. The minimum atomic E-state index is -0.527. The summed E-state index contributed by atoms with van der Waals surface area (Å²) in [5, 5.41) is 12.8. The molecule has 0 fully saturated rings. The van der Waals surface area contributed by atoms with Crippen LogP contribution < -0.4 is 5.32 Å². The molecule has 0 bridgehead atoms. The first-order valence-electron chi connectivity index (χ1n) is 4.99. The van der Waals surface area contributed by atoms with Crippen molar-refractivity contribution in [1.82, 2.24) is 5.32 Å². The molecule has 80 valence electrons. The Morgan fingerprint density at radius 1 is 1.46 bits per heavy atom. The summed E-state index contributed by atoms with van der Waals surface area (Å²) in [6.07, 6.45) is 1.18. The Morgan fingerprint density at radius 2 is 2.08 bits per heavy atom. The summed E-state index contributed by atoms with van der Waals surface area (Å²) in [4.78, 5) is 0. The smallest absolute Gasteiger partial charge is 0.0681 e. The highest BCUT2D eigenvalue weighted by Gasteiger charge is 2.11. The van der Waals surface area contributed by atoms with Crippen molar-refractivity contribution in [2.24, 2.45) is 0 Å². The predicted molar refractivity (Wildman–Crippen MR) is 61.4 cm³/mol. The molecule has 2 N–H and O–H groups in total. The summed E-state index contributed by atoms with van der Waals surface area (Å²) in [5.74, 6) is 1.89. The van der Waals surface area contributed by atoms with Gasteiger partial charge in [0, 0.05) is 24.1 Å². The lowest BCUT2D eigenvalue weighted by atomic mass is 10.2. The molecule has 3 heteroatoms. The monoisotopic (exact) mass is 205 g/mol. The van der Waals surface area contributed by atoms with E-state index in [4.69, 9.17) is 0 Å². The maximum atomic E-state index is 9.43. The van der Waals surface area contributed by atoms with Gasteiger partial charge in [0.05, 0.1) is 5.60 Å². The van der Waals surface area contributed by atoms with Crippen LogP contribution in [0.2, 0.25) is 0 Å². The van der Waals surface area contributed by atoms with E-state index in [9.17, 15) is 5.11 Å². The molecule has 0 aromatic rings. The fourth-order valence-corrected chi connectivity index (χ4v) is 1.75. The Kier molecular flexibility index (Phi) is 6.82. The third-order valence-electron chi connectivity index (χ3n) is 1.81. The SMILES string of the molecule is CCC(C)NCCSCC(C)(C)O. The van der Waals surface area contributed by atoms with Gasteiger partial charge in [-0.25, -0.2) is 0 Å². The van der Waals surface area contributed by atoms with Crippen molar-refractivity contribution in [1.29, 1.82) is 0 Å². The molecule has 0 radical (unpaired) electrons. The van der Waals surface area contributed by atoms with Crippen LogP contribution >= 0.6 is 11.8 Å². The maximum Gasteiger partial charge on any atom is 0.0681 e. The highest BCUT2D eigenvalue weighted by molar-refractivity contribution is 7.99. The zero-order chi connectivity index (χ0) is 10.3. The quantitative estimate of drug-likeness (QED) is 0.622. The van der Waals surface area contributed by atoms with Gasteiger partial charge < -0.3 is 10.4 Å². The van der Waals surface area contributed by atoms with E-state index in [1.165, 1.54) is 6.42 Å². The van der Waals surface area contributed by atoms with Crippen LogP contribution in [0.3, 0.4) is 0 Å².